The summed E-state index contributed by atoms with van der Waals surface area (Å²) in [4.78, 5) is 0. The van der Waals surface area contributed by atoms with Crippen LogP contribution in [0.2, 0.25) is 0 Å². The fourth-order valence-corrected chi connectivity index (χ4v) is 1.80. The summed E-state index contributed by atoms with van der Waals surface area (Å²) < 4.78 is 5.76. The van der Waals surface area contributed by atoms with Crippen LogP contribution in [0.3, 0.4) is 0 Å². The third kappa shape index (κ3) is 4.81. The van der Waals surface area contributed by atoms with E-state index in [1.807, 2.05) is 24.3 Å². The molecule has 0 bridgehead atoms. The average molecular weight is 280 g/mol. The fraction of sp³-hybridized carbons (Fsp3) is 0.200. The molecule has 0 spiro atoms. The number of benzene rings is 2. The van der Waals surface area contributed by atoms with E-state index < -0.39 is 0 Å². The molecule has 3 nitrogen and oxygen atoms in total. The molecule has 2 rings (SSSR count). The highest BCUT2D eigenvalue weighted by atomic mass is 35.5. The van der Waals surface area contributed by atoms with Crippen molar-refractivity contribution in [1.29, 1.82) is 0 Å². The number of phenolic OH excluding ortho intramolecular Hbond substituents is 1. The van der Waals surface area contributed by atoms with Gasteiger partial charge >= 0.3 is 0 Å². The maximum Gasteiger partial charge on any atom is 0.123 e. The van der Waals surface area contributed by atoms with Crippen molar-refractivity contribution in [2.45, 2.75) is 12.5 Å². The zero-order chi connectivity index (χ0) is 12.8. The summed E-state index contributed by atoms with van der Waals surface area (Å²) in [6, 6.07) is 16.8. The fourth-order valence-electron chi connectivity index (χ4n) is 1.80. The lowest BCUT2D eigenvalue weighted by Gasteiger charge is -2.17. The number of nitrogens with two attached hydrogens (primary N) is 1. The molecule has 0 aromatic heterocycles. The van der Waals surface area contributed by atoms with Gasteiger partial charge in [0, 0.05) is 19.0 Å². The monoisotopic (exact) mass is 279 g/mol. The Morgan fingerprint density at radius 3 is 2.42 bits per heavy atom. The number of ether oxygens (including phenoxy) is 1. The Balaban J connectivity index is 0.00000180. The number of halogens is 1. The molecule has 0 radical (unpaired) electrons. The Morgan fingerprint density at radius 1 is 1.05 bits per heavy atom. The smallest absolute Gasteiger partial charge is 0.123 e. The van der Waals surface area contributed by atoms with Gasteiger partial charge in [-0.25, -0.2) is 0 Å². The predicted octanol–water partition coefficient (Wildman–Crippen LogP) is 2.76. The molecule has 0 aliphatic rings. The first-order valence-corrected chi connectivity index (χ1v) is 5.97. The molecule has 4 heteroatoms. The largest absolute Gasteiger partial charge is 0.508 e. The molecule has 0 saturated carbocycles. The Morgan fingerprint density at radius 2 is 1.79 bits per heavy atom. The maximum atomic E-state index is 9.38. The molecule has 1 unspecified atom stereocenters. The van der Waals surface area contributed by atoms with Gasteiger partial charge in [0.05, 0.1) is 0 Å². The average Bonchev–Trinajstić information content (AvgIpc) is 2.39. The van der Waals surface area contributed by atoms with Crippen LogP contribution in [0.4, 0.5) is 0 Å². The van der Waals surface area contributed by atoms with Gasteiger partial charge in [-0.15, -0.1) is 12.4 Å². The van der Waals surface area contributed by atoms with Crippen molar-refractivity contribution in [3.05, 3.63) is 60.2 Å². The summed E-state index contributed by atoms with van der Waals surface area (Å²) in [6.45, 7) is 0.435. The van der Waals surface area contributed by atoms with Crippen molar-refractivity contribution < 1.29 is 9.84 Å². The minimum atomic E-state index is -0.0887. The van der Waals surface area contributed by atoms with Crippen LogP contribution in [0.5, 0.6) is 11.5 Å². The van der Waals surface area contributed by atoms with Gasteiger partial charge in [0.15, 0.2) is 0 Å². The standard InChI is InChI=1S/C15H17NO2.ClH/c16-11-15(9-12-5-2-1-3-6-12)18-14-8-4-7-13(17)10-14;/h1-8,10,15,17H,9,11,16H2;1H. The van der Waals surface area contributed by atoms with Gasteiger partial charge in [0.1, 0.15) is 17.6 Å². The van der Waals surface area contributed by atoms with Crippen molar-refractivity contribution in [3.63, 3.8) is 0 Å². The zero-order valence-corrected chi connectivity index (χ0v) is 11.3. The van der Waals surface area contributed by atoms with Gasteiger partial charge < -0.3 is 15.6 Å². The van der Waals surface area contributed by atoms with Crippen LogP contribution >= 0.6 is 12.4 Å². The first-order valence-electron chi connectivity index (χ1n) is 5.97. The van der Waals surface area contributed by atoms with Crippen molar-refractivity contribution >= 4 is 12.4 Å². The van der Waals surface area contributed by atoms with E-state index in [2.05, 4.69) is 12.1 Å². The van der Waals surface area contributed by atoms with E-state index in [1.165, 1.54) is 5.56 Å². The van der Waals surface area contributed by atoms with Crippen LogP contribution < -0.4 is 10.5 Å². The lowest BCUT2D eigenvalue weighted by Crippen LogP contribution is -2.28. The molecule has 19 heavy (non-hydrogen) atoms. The SMILES string of the molecule is Cl.NCC(Cc1ccccc1)Oc1cccc(O)c1. The van der Waals surface area contributed by atoms with E-state index in [0.29, 0.717) is 12.3 Å². The van der Waals surface area contributed by atoms with E-state index in [-0.39, 0.29) is 24.3 Å². The Bertz CT molecular complexity index is 491. The number of rotatable bonds is 5. The molecule has 0 saturated heterocycles. The maximum absolute atomic E-state index is 9.38. The summed E-state index contributed by atoms with van der Waals surface area (Å²) in [5.74, 6) is 0.837. The van der Waals surface area contributed by atoms with Gasteiger partial charge in [0.25, 0.3) is 0 Å². The molecule has 1 atom stereocenters. The van der Waals surface area contributed by atoms with E-state index in [4.69, 9.17) is 10.5 Å². The van der Waals surface area contributed by atoms with Crippen molar-refractivity contribution in [2.75, 3.05) is 6.54 Å². The summed E-state index contributed by atoms with van der Waals surface area (Å²) in [7, 11) is 0. The second kappa shape index (κ2) is 7.67. The third-order valence-corrected chi connectivity index (χ3v) is 2.69. The molecule has 0 aliphatic carbocycles. The Labute approximate surface area is 119 Å². The molecule has 2 aromatic carbocycles. The van der Waals surface area contributed by atoms with Gasteiger partial charge in [-0.05, 0) is 17.7 Å². The Hall–Kier alpha value is -1.71. The lowest BCUT2D eigenvalue weighted by atomic mass is 10.1. The van der Waals surface area contributed by atoms with Crippen LogP contribution in [0.15, 0.2) is 54.6 Å². The molecule has 0 aliphatic heterocycles. The van der Waals surface area contributed by atoms with Gasteiger partial charge in [-0.1, -0.05) is 36.4 Å². The van der Waals surface area contributed by atoms with Crippen LogP contribution in [0.25, 0.3) is 0 Å². The summed E-state index contributed by atoms with van der Waals surface area (Å²) in [5, 5.41) is 9.38. The minimum absolute atomic E-state index is 0. The van der Waals surface area contributed by atoms with Crippen LogP contribution in [0, 0.1) is 0 Å². The molecule has 0 heterocycles. The van der Waals surface area contributed by atoms with Crippen molar-refractivity contribution in [3.8, 4) is 11.5 Å². The van der Waals surface area contributed by atoms with Crippen LogP contribution in [-0.2, 0) is 6.42 Å². The highest BCUT2D eigenvalue weighted by Crippen LogP contribution is 2.19. The lowest BCUT2D eigenvalue weighted by molar-refractivity contribution is 0.209. The minimum Gasteiger partial charge on any atom is -0.508 e. The van der Waals surface area contributed by atoms with Gasteiger partial charge in [0.2, 0.25) is 0 Å². The molecular weight excluding hydrogens is 262 g/mol. The van der Waals surface area contributed by atoms with E-state index >= 15 is 0 Å². The predicted molar refractivity (Wildman–Crippen MR) is 79.0 cm³/mol. The Kier molecular flexibility index (Phi) is 6.19. The molecular formula is C15H18ClNO2. The molecule has 2 aromatic rings. The van der Waals surface area contributed by atoms with E-state index in [9.17, 15) is 5.11 Å². The molecule has 102 valence electrons. The highest BCUT2D eigenvalue weighted by Gasteiger charge is 2.09. The van der Waals surface area contributed by atoms with Gasteiger partial charge in [-0.3, -0.25) is 0 Å². The normalized spacial score (nSPS) is 11.4. The number of hydrogen-bond acceptors (Lipinski definition) is 3. The summed E-state index contributed by atoms with van der Waals surface area (Å²) in [6.07, 6.45) is 0.668. The first-order chi connectivity index (χ1) is 8.78. The van der Waals surface area contributed by atoms with Crippen LogP contribution in [-0.4, -0.2) is 17.8 Å². The number of phenols is 1. The second-order valence-corrected chi connectivity index (χ2v) is 4.16. The third-order valence-electron chi connectivity index (χ3n) is 2.69. The van der Waals surface area contributed by atoms with Crippen LogP contribution in [0.1, 0.15) is 5.56 Å². The number of hydrogen-bond donors (Lipinski definition) is 2. The van der Waals surface area contributed by atoms with Crippen molar-refractivity contribution in [1.82, 2.24) is 0 Å². The zero-order valence-electron chi connectivity index (χ0n) is 10.5. The molecule has 0 amide bonds. The summed E-state index contributed by atoms with van der Waals surface area (Å²) in [5.41, 5.74) is 6.91. The second-order valence-electron chi connectivity index (χ2n) is 4.16. The topological polar surface area (TPSA) is 55.5 Å². The molecule has 3 N–H and O–H groups in total. The summed E-state index contributed by atoms with van der Waals surface area (Å²) >= 11 is 0. The molecule has 0 fully saturated rings. The van der Waals surface area contributed by atoms with Crippen molar-refractivity contribution in [2.24, 2.45) is 5.73 Å². The quantitative estimate of drug-likeness (QED) is 0.885. The first kappa shape index (κ1) is 15.3. The number of aromatic hydroxyl groups is 1. The van der Waals surface area contributed by atoms with Gasteiger partial charge in [-0.2, -0.15) is 0 Å². The highest BCUT2D eigenvalue weighted by molar-refractivity contribution is 5.85. The van der Waals surface area contributed by atoms with E-state index in [1.54, 1.807) is 18.2 Å². The van der Waals surface area contributed by atoms with E-state index in [0.717, 1.165) is 6.42 Å².